The lowest BCUT2D eigenvalue weighted by Gasteiger charge is -2.42. The van der Waals surface area contributed by atoms with Crippen LogP contribution in [0.4, 0.5) is 0 Å². The van der Waals surface area contributed by atoms with Gasteiger partial charge in [-0.15, -0.1) is 0 Å². The zero-order chi connectivity index (χ0) is 32.1. The second-order valence-corrected chi connectivity index (χ2v) is 14.0. The van der Waals surface area contributed by atoms with E-state index in [2.05, 4.69) is 132 Å². The highest BCUT2D eigenvalue weighted by atomic mass is 15.0. The van der Waals surface area contributed by atoms with Crippen molar-refractivity contribution in [2.75, 3.05) is 0 Å². The largest absolute Gasteiger partial charge is 0.250 e. The Balaban J connectivity index is 1.28. The quantitative estimate of drug-likeness (QED) is 0.198. The number of fused-ring (bicyclic) bond motifs is 1. The molecule has 7 rings (SSSR count). The molecule has 0 atom stereocenters. The van der Waals surface area contributed by atoms with Crippen LogP contribution in [0.15, 0.2) is 109 Å². The molecule has 0 spiro atoms. The Morgan fingerprint density at radius 1 is 0.435 bits per heavy atom. The van der Waals surface area contributed by atoms with Crippen LogP contribution in [0.25, 0.3) is 56.5 Å². The van der Waals surface area contributed by atoms with E-state index in [9.17, 15) is 0 Å². The highest BCUT2D eigenvalue weighted by Gasteiger charge is 2.37. The van der Waals surface area contributed by atoms with Gasteiger partial charge in [0.25, 0.3) is 0 Å². The summed E-state index contributed by atoms with van der Waals surface area (Å²) in [6.45, 7) is 13.6. The fourth-order valence-electron chi connectivity index (χ4n) is 6.73. The van der Waals surface area contributed by atoms with Crippen molar-refractivity contribution >= 4 is 0 Å². The SMILES string of the molecule is Cc1cc(C)nc(-c2nc(-c3ccc(-c4ccccc4)cc3)nc(-c3ccc(-c4ccc5c(c4)C(C)(C)CCC5(C)C)cc3)n2)c1. The van der Waals surface area contributed by atoms with E-state index in [4.69, 9.17) is 19.9 Å². The highest BCUT2D eigenvalue weighted by molar-refractivity contribution is 5.72. The first kappa shape index (κ1) is 29.7. The van der Waals surface area contributed by atoms with E-state index in [-0.39, 0.29) is 10.8 Å². The van der Waals surface area contributed by atoms with E-state index in [0.29, 0.717) is 17.5 Å². The van der Waals surface area contributed by atoms with Gasteiger partial charge in [-0.25, -0.2) is 19.9 Å². The first-order valence-electron chi connectivity index (χ1n) is 16.2. The predicted molar refractivity (Wildman–Crippen MR) is 190 cm³/mol. The maximum absolute atomic E-state index is 4.99. The molecule has 1 aliphatic rings. The number of hydrogen-bond acceptors (Lipinski definition) is 4. The maximum atomic E-state index is 4.99. The Labute approximate surface area is 272 Å². The van der Waals surface area contributed by atoms with Gasteiger partial charge in [0.1, 0.15) is 5.69 Å². The monoisotopic (exact) mass is 600 g/mol. The lowest BCUT2D eigenvalue weighted by Crippen LogP contribution is -2.33. The Bertz CT molecular complexity index is 2020. The molecule has 0 saturated heterocycles. The minimum Gasteiger partial charge on any atom is -0.250 e. The summed E-state index contributed by atoms with van der Waals surface area (Å²) < 4.78 is 0. The molecule has 4 nitrogen and oxygen atoms in total. The lowest BCUT2D eigenvalue weighted by atomic mass is 9.63. The molecule has 1 aliphatic carbocycles. The van der Waals surface area contributed by atoms with Crippen molar-refractivity contribution in [3.8, 4) is 56.5 Å². The second-order valence-electron chi connectivity index (χ2n) is 14.0. The fourth-order valence-corrected chi connectivity index (χ4v) is 6.73. The molecule has 0 amide bonds. The van der Waals surface area contributed by atoms with Crippen molar-refractivity contribution < 1.29 is 0 Å². The Kier molecular flexibility index (Phi) is 7.39. The molecule has 0 fully saturated rings. The minimum atomic E-state index is 0.167. The third kappa shape index (κ3) is 5.76. The third-order valence-electron chi connectivity index (χ3n) is 9.54. The van der Waals surface area contributed by atoms with E-state index in [1.54, 1.807) is 0 Å². The number of pyridine rings is 1. The summed E-state index contributed by atoms with van der Waals surface area (Å²) >= 11 is 0. The molecule has 228 valence electrons. The van der Waals surface area contributed by atoms with Gasteiger partial charge in [-0.1, -0.05) is 125 Å². The molecule has 6 aromatic rings. The van der Waals surface area contributed by atoms with Crippen molar-refractivity contribution in [3.05, 3.63) is 132 Å². The fraction of sp³-hybridized carbons (Fsp3) is 0.238. The Hall–Kier alpha value is -4.96. The van der Waals surface area contributed by atoms with E-state index in [0.717, 1.165) is 33.6 Å². The van der Waals surface area contributed by atoms with Gasteiger partial charge in [0.05, 0.1) is 0 Å². The normalized spacial score (nSPS) is 14.9. The second kappa shape index (κ2) is 11.4. The molecule has 0 radical (unpaired) electrons. The molecule has 0 unspecified atom stereocenters. The lowest BCUT2D eigenvalue weighted by molar-refractivity contribution is 0.332. The molecule has 0 bridgehead atoms. The number of aromatic nitrogens is 4. The topological polar surface area (TPSA) is 51.6 Å². The van der Waals surface area contributed by atoms with Crippen LogP contribution in [-0.2, 0) is 10.8 Å². The summed E-state index contributed by atoms with van der Waals surface area (Å²) in [6, 6.07) is 38.6. The molecule has 46 heavy (non-hydrogen) atoms. The molecule has 2 aromatic heterocycles. The molecule has 0 N–H and O–H groups in total. The van der Waals surface area contributed by atoms with Gasteiger partial charge in [-0.05, 0) is 88.6 Å². The standard InChI is InChI=1S/C42H40N4/c1-27-24-28(2)43-37(25-27)40-45-38(32-16-12-30(13-17-32)29-10-8-7-9-11-29)44-39(46-40)33-18-14-31(15-19-33)34-20-21-35-36(26-34)42(5,6)23-22-41(35,3)4/h7-21,24-26H,22-23H2,1-6H3. The molecular formula is C42H40N4. The highest BCUT2D eigenvalue weighted by Crippen LogP contribution is 2.46. The summed E-state index contributed by atoms with van der Waals surface area (Å²) in [7, 11) is 0. The average molecular weight is 601 g/mol. The van der Waals surface area contributed by atoms with Gasteiger partial charge in [-0.3, -0.25) is 0 Å². The zero-order valence-electron chi connectivity index (χ0n) is 27.6. The number of aryl methyl sites for hydroxylation is 2. The van der Waals surface area contributed by atoms with Crippen LogP contribution < -0.4 is 0 Å². The van der Waals surface area contributed by atoms with Crippen molar-refractivity contribution in [1.29, 1.82) is 0 Å². The smallest absolute Gasteiger partial charge is 0.182 e. The average Bonchev–Trinajstić information content (AvgIpc) is 3.07. The van der Waals surface area contributed by atoms with Crippen LogP contribution >= 0.6 is 0 Å². The van der Waals surface area contributed by atoms with Crippen molar-refractivity contribution in [3.63, 3.8) is 0 Å². The number of benzene rings is 4. The maximum Gasteiger partial charge on any atom is 0.182 e. The van der Waals surface area contributed by atoms with Gasteiger partial charge in [-0.2, -0.15) is 0 Å². The molecule has 4 aromatic carbocycles. The van der Waals surface area contributed by atoms with Crippen LogP contribution in [0.5, 0.6) is 0 Å². The van der Waals surface area contributed by atoms with E-state index in [1.165, 1.54) is 40.7 Å². The predicted octanol–water partition coefficient (Wildman–Crippen LogP) is 10.6. The van der Waals surface area contributed by atoms with Gasteiger partial charge in [0.15, 0.2) is 17.5 Å². The zero-order valence-corrected chi connectivity index (χ0v) is 27.6. The van der Waals surface area contributed by atoms with Gasteiger partial charge in [0.2, 0.25) is 0 Å². The van der Waals surface area contributed by atoms with Gasteiger partial charge in [0, 0.05) is 16.8 Å². The summed E-state index contributed by atoms with van der Waals surface area (Å²) in [6.07, 6.45) is 2.41. The summed E-state index contributed by atoms with van der Waals surface area (Å²) in [5, 5.41) is 0. The Morgan fingerprint density at radius 3 is 1.50 bits per heavy atom. The van der Waals surface area contributed by atoms with Crippen molar-refractivity contribution in [2.45, 2.75) is 65.2 Å². The Morgan fingerprint density at radius 2 is 0.913 bits per heavy atom. The van der Waals surface area contributed by atoms with Gasteiger partial charge >= 0.3 is 0 Å². The van der Waals surface area contributed by atoms with Gasteiger partial charge < -0.3 is 0 Å². The molecule has 0 aliphatic heterocycles. The number of rotatable bonds is 5. The van der Waals surface area contributed by atoms with Crippen molar-refractivity contribution in [1.82, 2.24) is 19.9 Å². The molecule has 4 heteroatoms. The van der Waals surface area contributed by atoms with Crippen LogP contribution in [0.2, 0.25) is 0 Å². The summed E-state index contributed by atoms with van der Waals surface area (Å²) in [4.78, 5) is 19.7. The molecule has 0 saturated carbocycles. The van der Waals surface area contributed by atoms with Crippen LogP contribution in [-0.4, -0.2) is 19.9 Å². The number of nitrogens with zero attached hydrogens (tertiary/aromatic N) is 4. The third-order valence-corrected chi connectivity index (χ3v) is 9.54. The van der Waals surface area contributed by atoms with E-state index in [1.807, 2.05) is 19.1 Å². The van der Waals surface area contributed by atoms with E-state index < -0.39 is 0 Å². The summed E-state index contributed by atoms with van der Waals surface area (Å²) in [5.41, 5.74) is 12.8. The van der Waals surface area contributed by atoms with Crippen molar-refractivity contribution in [2.24, 2.45) is 0 Å². The van der Waals surface area contributed by atoms with E-state index >= 15 is 0 Å². The van der Waals surface area contributed by atoms with Crippen LogP contribution in [0, 0.1) is 13.8 Å². The first-order valence-corrected chi connectivity index (χ1v) is 16.2. The molecule has 2 heterocycles. The summed E-state index contributed by atoms with van der Waals surface area (Å²) in [5.74, 6) is 1.83. The minimum absolute atomic E-state index is 0.167. The van der Waals surface area contributed by atoms with Crippen LogP contribution in [0.1, 0.15) is 62.9 Å². The van der Waals surface area contributed by atoms with Crippen LogP contribution in [0.3, 0.4) is 0 Å². The number of hydrogen-bond donors (Lipinski definition) is 0. The molecular weight excluding hydrogens is 560 g/mol. The first-order chi connectivity index (χ1) is 22.1.